The number of phosphoric acid groups is 1. The number of nitrogens with one attached hydrogen (secondary N) is 2. The highest BCUT2D eigenvalue weighted by molar-refractivity contribution is 7.46. The Hall–Kier alpha value is -3.23. The number of hydrogen-bond donors (Lipinski definition) is 7. The van der Waals surface area contributed by atoms with Gasteiger partial charge < -0.3 is 59.4 Å². The van der Waals surface area contributed by atoms with E-state index in [-0.39, 0.29) is 57.5 Å². The summed E-state index contributed by atoms with van der Waals surface area (Å²) < 4.78 is 48.9. The Kier molecular flexibility index (Phi) is 71.4. The average molecular weight is 1640 g/mol. The van der Waals surface area contributed by atoms with E-state index in [1.54, 1.807) is 0 Å². The zero-order chi connectivity index (χ0) is 83.7. The molecule has 672 valence electrons. The Morgan fingerprint density at radius 1 is 0.368 bits per heavy atom. The lowest BCUT2D eigenvalue weighted by Crippen LogP contribution is -2.81. The number of ether oxygens (including phenoxy) is 5. The molecule has 8 atom stereocenters. The first-order valence-electron chi connectivity index (χ1n) is 48.1. The van der Waals surface area contributed by atoms with Gasteiger partial charge in [-0.1, -0.05) is 388 Å². The van der Waals surface area contributed by atoms with Crippen molar-refractivity contribution in [1.29, 1.82) is 0 Å². The van der Waals surface area contributed by atoms with E-state index >= 15 is 9.59 Å². The number of esters is 4. The molecule has 1 aliphatic rings. The van der Waals surface area contributed by atoms with Crippen molar-refractivity contribution in [3.8, 4) is 0 Å². The molecule has 1 aliphatic heterocycles. The van der Waals surface area contributed by atoms with Gasteiger partial charge in [-0.05, 0) is 70.6 Å². The number of amides is 2. The molecular formula is C93H177N2O18P. The highest BCUT2D eigenvalue weighted by Gasteiger charge is 2.70. The van der Waals surface area contributed by atoms with E-state index in [9.17, 15) is 48.8 Å². The third-order valence-corrected chi connectivity index (χ3v) is 23.7. The first-order chi connectivity index (χ1) is 55.3. The number of aliphatic hydroxyl groups is 3. The van der Waals surface area contributed by atoms with E-state index in [0.717, 1.165) is 180 Å². The number of rotatable bonds is 84. The number of hydrogen-bond acceptors (Lipinski definition) is 16. The molecule has 2 amide bonds. The molecule has 1 fully saturated rings. The molecule has 0 aromatic heterocycles. The molecule has 1 saturated heterocycles. The van der Waals surface area contributed by atoms with Gasteiger partial charge in [0.25, 0.3) is 5.79 Å². The molecule has 0 spiro atoms. The monoisotopic (exact) mass is 1640 g/mol. The molecule has 1 rings (SSSR count). The molecule has 0 aromatic carbocycles. The van der Waals surface area contributed by atoms with Crippen LogP contribution in [0, 0.1) is 0 Å². The summed E-state index contributed by atoms with van der Waals surface area (Å²) in [5.41, 5.74) is -2.82. The van der Waals surface area contributed by atoms with Gasteiger partial charge in [-0.25, -0.2) is 4.57 Å². The number of unbranched alkanes of at least 4 members (excludes halogenated alkanes) is 54. The van der Waals surface area contributed by atoms with Crippen LogP contribution in [0.5, 0.6) is 0 Å². The van der Waals surface area contributed by atoms with Crippen LogP contribution in [-0.2, 0) is 61.5 Å². The zero-order valence-corrected chi connectivity index (χ0v) is 75.0. The highest BCUT2D eigenvalue weighted by Crippen LogP contribution is 2.50. The van der Waals surface area contributed by atoms with E-state index in [0.29, 0.717) is 38.5 Å². The lowest BCUT2D eigenvalue weighted by atomic mass is 9.76. The van der Waals surface area contributed by atoms with Gasteiger partial charge in [0.15, 0.2) is 17.9 Å². The summed E-state index contributed by atoms with van der Waals surface area (Å²) in [6.45, 7) is 11.8. The molecule has 0 saturated carbocycles. The van der Waals surface area contributed by atoms with Gasteiger partial charge in [-0.15, -0.1) is 0 Å². The van der Waals surface area contributed by atoms with Crippen LogP contribution in [0.25, 0.3) is 0 Å². The Balaban J connectivity index is 3.90. The smallest absolute Gasteiger partial charge is 0.462 e. The van der Waals surface area contributed by atoms with Crippen molar-refractivity contribution in [3.63, 3.8) is 0 Å². The van der Waals surface area contributed by atoms with Gasteiger partial charge >= 0.3 is 31.7 Å². The van der Waals surface area contributed by atoms with Crippen LogP contribution in [0.4, 0.5) is 0 Å². The molecule has 7 N–H and O–H groups in total. The maximum atomic E-state index is 15.3. The maximum Gasteiger partial charge on any atom is 0.470 e. The standard InChI is InChI=1S/C93H177N2O18P/c1-7-13-19-25-31-37-40-46-52-58-64-71-86(99)108-80(68-61-55-49-43-34-28-22-16-10-4)76-84(97)94-75-67-74-92(95-85(98)77-81(69-62-56-50-44-35-29-23-17-11-5)109-87(100)72-65-59-53-47-41-38-32-26-20-14-8-2)91(103)111-83(79-96)90(113-114(105,106)107)93(92,104)112-89(102)78-82(70-63-57-51-45-36-30-24-18-12-6)110-88(101)73-66-60-54-48-42-39-33-27-21-15-9-3/h80-83,90-91,96,103-104H,7-79H2,1-6H3,(H,94,97)(H,95,98)(H2,105,106,107)/t80-,81-,82-,83-,90-,91-,92?,93+/m1/s1. The summed E-state index contributed by atoms with van der Waals surface area (Å²) in [7, 11) is -5.78. The Labute approximate surface area is 696 Å². The average Bonchev–Trinajstić information content (AvgIpc) is 0.716. The van der Waals surface area contributed by atoms with Gasteiger partial charge in [-0.2, -0.15) is 0 Å². The Morgan fingerprint density at radius 3 is 0.912 bits per heavy atom. The quantitative estimate of drug-likeness (QED) is 0.00978. The summed E-state index contributed by atoms with van der Waals surface area (Å²) in [6, 6.07) is 0. The molecule has 114 heavy (non-hydrogen) atoms. The molecule has 21 heteroatoms. The van der Waals surface area contributed by atoms with E-state index in [4.69, 9.17) is 28.2 Å². The maximum absolute atomic E-state index is 15.3. The minimum Gasteiger partial charge on any atom is -0.462 e. The second-order valence-electron chi connectivity index (χ2n) is 34.0. The van der Waals surface area contributed by atoms with Crippen molar-refractivity contribution >= 4 is 43.5 Å². The van der Waals surface area contributed by atoms with Crippen LogP contribution in [0.15, 0.2) is 0 Å². The van der Waals surface area contributed by atoms with Crippen LogP contribution in [0.2, 0.25) is 0 Å². The van der Waals surface area contributed by atoms with Crippen LogP contribution in [0.3, 0.4) is 0 Å². The van der Waals surface area contributed by atoms with Crippen molar-refractivity contribution in [2.75, 3.05) is 13.2 Å². The van der Waals surface area contributed by atoms with E-state index in [1.807, 2.05) is 0 Å². The zero-order valence-electron chi connectivity index (χ0n) is 74.1. The molecule has 1 heterocycles. The fourth-order valence-electron chi connectivity index (χ4n) is 16.1. The van der Waals surface area contributed by atoms with Gasteiger partial charge in [0.05, 0.1) is 25.9 Å². The molecule has 0 radical (unpaired) electrons. The number of phosphoric ester groups is 1. The summed E-state index contributed by atoms with van der Waals surface area (Å²) in [4.78, 5) is 107. The summed E-state index contributed by atoms with van der Waals surface area (Å²) in [5.74, 6) is -7.59. The lowest BCUT2D eigenvalue weighted by Gasteiger charge is -2.56. The first kappa shape index (κ1) is 109. The molecule has 1 unspecified atom stereocenters. The van der Waals surface area contributed by atoms with Gasteiger partial charge in [0, 0.05) is 25.8 Å². The minimum absolute atomic E-state index is 0.0925. The third kappa shape index (κ3) is 58.6. The number of aliphatic hydroxyl groups excluding tert-OH is 2. The van der Waals surface area contributed by atoms with Crippen LogP contribution in [-0.4, -0.2) is 122 Å². The van der Waals surface area contributed by atoms with Crippen LogP contribution < -0.4 is 10.6 Å². The molecule has 0 bridgehead atoms. The topological polar surface area (TPSA) is 300 Å². The molecular weight excluding hydrogens is 1460 g/mol. The van der Waals surface area contributed by atoms with Crippen LogP contribution >= 0.6 is 7.82 Å². The van der Waals surface area contributed by atoms with Crippen molar-refractivity contribution in [2.45, 2.75) is 546 Å². The highest BCUT2D eigenvalue weighted by atomic mass is 31.2. The van der Waals surface area contributed by atoms with Crippen LogP contribution in [0.1, 0.15) is 497 Å². The number of carbonyl (C=O) groups excluding carboxylic acids is 6. The summed E-state index contributed by atoms with van der Waals surface area (Å²) in [5, 5.41) is 42.8. The third-order valence-electron chi connectivity index (χ3n) is 23.2. The van der Waals surface area contributed by atoms with E-state index in [2.05, 4.69) is 52.2 Å². The predicted molar refractivity (Wildman–Crippen MR) is 461 cm³/mol. The largest absolute Gasteiger partial charge is 0.470 e. The molecule has 0 aromatic rings. The van der Waals surface area contributed by atoms with Crippen molar-refractivity contribution in [2.24, 2.45) is 0 Å². The van der Waals surface area contributed by atoms with E-state index < -0.39 is 112 Å². The van der Waals surface area contributed by atoms with Gasteiger partial charge in [0.2, 0.25) is 11.8 Å². The van der Waals surface area contributed by atoms with E-state index in [1.165, 1.54) is 173 Å². The van der Waals surface area contributed by atoms with Crippen molar-refractivity contribution < 1.29 is 86.6 Å². The summed E-state index contributed by atoms with van der Waals surface area (Å²) in [6.07, 6.45) is 53.4. The second-order valence-corrected chi connectivity index (χ2v) is 35.2. The normalized spacial score (nSPS) is 17.8. The van der Waals surface area contributed by atoms with Crippen molar-refractivity contribution in [1.82, 2.24) is 10.6 Å². The molecule has 0 aliphatic carbocycles. The lowest BCUT2D eigenvalue weighted by molar-refractivity contribution is -0.380. The van der Waals surface area contributed by atoms with Gasteiger partial charge in [-0.3, -0.25) is 33.3 Å². The first-order valence-corrected chi connectivity index (χ1v) is 49.6. The molecule has 20 nitrogen and oxygen atoms in total. The fourth-order valence-corrected chi connectivity index (χ4v) is 16.7. The minimum atomic E-state index is -5.78. The SMILES string of the molecule is CCCCCCCCCCCCCC(=O)O[C@H](CCCCCCCCCCC)CC(=O)NCCCC1(NC(=O)C[C@@H](CCCCCCCCCCC)OC(=O)CCCCCCCCCCCCC)[C@H](O)O[C@H](CO)[C@@H](OP(=O)(O)O)[C@]1(O)OC(=O)C[C@@H](CCCCCCCCCCC)OC(=O)CCCCCCCCCCCCC. The number of carbonyl (C=O) groups is 6. The predicted octanol–water partition coefficient (Wildman–Crippen LogP) is 23.9. The Bertz CT molecular complexity index is 2350. The summed E-state index contributed by atoms with van der Waals surface area (Å²) >= 11 is 0. The second kappa shape index (κ2) is 74.8. The van der Waals surface area contributed by atoms with Gasteiger partial charge in [0.1, 0.15) is 24.4 Å². The van der Waals surface area contributed by atoms with Crippen molar-refractivity contribution in [3.05, 3.63) is 0 Å². The fraction of sp³-hybridized carbons (Fsp3) is 0.935. The Morgan fingerprint density at radius 2 is 0.632 bits per heavy atom.